The maximum atomic E-state index is 11.7. The van der Waals surface area contributed by atoms with Gasteiger partial charge in [0.05, 0.1) is 5.75 Å². The highest BCUT2D eigenvalue weighted by Crippen LogP contribution is 2.24. The zero-order valence-corrected chi connectivity index (χ0v) is 12.2. The summed E-state index contributed by atoms with van der Waals surface area (Å²) in [5, 5.41) is 0. The third-order valence-electron chi connectivity index (χ3n) is 3.48. The van der Waals surface area contributed by atoms with Crippen LogP contribution in [0.3, 0.4) is 0 Å². The van der Waals surface area contributed by atoms with Crippen molar-refractivity contribution in [2.75, 3.05) is 23.7 Å². The molecule has 1 saturated heterocycles. The predicted octanol–water partition coefficient (Wildman–Crippen LogP) is 1.98. The van der Waals surface area contributed by atoms with E-state index in [1.165, 1.54) is 5.69 Å². The normalized spacial score (nSPS) is 19.8. The first-order chi connectivity index (χ1) is 9.12. The molecule has 1 aromatic carbocycles. The fourth-order valence-electron chi connectivity index (χ4n) is 2.57. The molecule has 1 aliphatic rings. The van der Waals surface area contributed by atoms with Gasteiger partial charge in [0.2, 0.25) is 10.0 Å². The molecule has 19 heavy (non-hydrogen) atoms. The lowest BCUT2D eigenvalue weighted by atomic mass is 10.2. The molecule has 1 heterocycles. The molecule has 5 heteroatoms. The van der Waals surface area contributed by atoms with Gasteiger partial charge in [0.1, 0.15) is 0 Å². The fraction of sp³-hybridized carbons (Fsp3) is 0.571. The number of benzene rings is 1. The molecular weight excluding hydrogens is 260 g/mol. The molecule has 1 atom stereocenters. The molecule has 0 saturated carbocycles. The number of nitrogens with one attached hydrogen (secondary N) is 1. The average Bonchev–Trinajstić information content (AvgIpc) is 2.86. The van der Waals surface area contributed by atoms with E-state index in [1.807, 2.05) is 25.1 Å². The molecule has 0 spiro atoms. The van der Waals surface area contributed by atoms with Gasteiger partial charge in [-0.2, -0.15) is 0 Å². The van der Waals surface area contributed by atoms with Crippen molar-refractivity contribution >= 4 is 15.7 Å². The van der Waals surface area contributed by atoms with Crippen LogP contribution in [0.25, 0.3) is 0 Å². The van der Waals surface area contributed by atoms with Crippen molar-refractivity contribution < 1.29 is 8.42 Å². The van der Waals surface area contributed by atoms with E-state index in [4.69, 9.17) is 0 Å². The summed E-state index contributed by atoms with van der Waals surface area (Å²) >= 11 is 0. The van der Waals surface area contributed by atoms with Crippen LogP contribution in [0.5, 0.6) is 0 Å². The van der Waals surface area contributed by atoms with Gasteiger partial charge in [-0.25, -0.2) is 13.1 Å². The molecule has 0 aliphatic carbocycles. The molecule has 106 valence electrons. The van der Waals surface area contributed by atoms with E-state index >= 15 is 0 Å². The van der Waals surface area contributed by atoms with E-state index in [-0.39, 0.29) is 11.8 Å². The van der Waals surface area contributed by atoms with Crippen LogP contribution in [-0.2, 0) is 10.0 Å². The van der Waals surface area contributed by atoms with E-state index in [9.17, 15) is 8.42 Å². The van der Waals surface area contributed by atoms with E-state index in [0.717, 1.165) is 19.4 Å². The van der Waals surface area contributed by atoms with Crippen LogP contribution >= 0.6 is 0 Å². The zero-order valence-electron chi connectivity index (χ0n) is 11.4. The van der Waals surface area contributed by atoms with Crippen LogP contribution in [0.4, 0.5) is 5.69 Å². The lowest BCUT2D eigenvalue weighted by Gasteiger charge is -2.27. The number of nitrogens with zero attached hydrogens (tertiary/aromatic N) is 1. The second kappa shape index (κ2) is 6.39. The molecule has 0 unspecified atom stereocenters. The van der Waals surface area contributed by atoms with Crippen molar-refractivity contribution in [3.05, 3.63) is 30.3 Å². The molecule has 0 bridgehead atoms. The topological polar surface area (TPSA) is 49.4 Å². The number of hydrogen-bond donors (Lipinski definition) is 1. The summed E-state index contributed by atoms with van der Waals surface area (Å²) in [5.41, 5.74) is 1.18. The van der Waals surface area contributed by atoms with E-state index in [0.29, 0.717) is 13.0 Å². The highest BCUT2D eigenvalue weighted by atomic mass is 32.2. The van der Waals surface area contributed by atoms with Gasteiger partial charge in [-0.1, -0.05) is 25.1 Å². The summed E-state index contributed by atoms with van der Waals surface area (Å²) in [4.78, 5) is 2.30. The van der Waals surface area contributed by atoms with Gasteiger partial charge >= 0.3 is 0 Å². The molecule has 0 aromatic heterocycles. The number of rotatable bonds is 6. The number of sulfonamides is 1. The maximum Gasteiger partial charge on any atom is 0.211 e. The summed E-state index contributed by atoms with van der Waals surface area (Å²) in [7, 11) is -3.10. The second-order valence-electron chi connectivity index (χ2n) is 4.99. The van der Waals surface area contributed by atoms with E-state index in [1.54, 1.807) is 0 Å². The van der Waals surface area contributed by atoms with Crippen molar-refractivity contribution in [1.82, 2.24) is 4.72 Å². The van der Waals surface area contributed by atoms with Gasteiger partial charge in [-0.3, -0.25) is 0 Å². The second-order valence-corrected chi connectivity index (χ2v) is 6.92. The van der Waals surface area contributed by atoms with Gasteiger partial charge in [0.15, 0.2) is 0 Å². The van der Waals surface area contributed by atoms with Crippen molar-refractivity contribution in [2.45, 2.75) is 32.2 Å². The molecule has 0 amide bonds. The predicted molar refractivity (Wildman–Crippen MR) is 78.9 cm³/mol. The SMILES string of the molecule is CCCS(=O)(=O)NC[C@H]1CCCN1c1ccccc1. The smallest absolute Gasteiger partial charge is 0.211 e. The van der Waals surface area contributed by atoms with Crippen LogP contribution in [0.1, 0.15) is 26.2 Å². The first kappa shape index (κ1) is 14.3. The van der Waals surface area contributed by atoms with Gasteiger partial charge in [0, 0.05) is 24.8 Å². The summed E-state index contributed by atoms with van der Waals surface area (Å²) in [6.07, 6.45) is 2.82. The van der Waals surface area contributed by atoms with E-state index in [2.05, 4.69) is 21.8 Å². The molecule has 1 N–H and O–H groups in total. The van der Waals surface area contributed by atoms with Crippen LogP contribution in [0.15, 0.2) is 30.3 Å². The Kier molecular flexibility index (Phi) is 4.82. The van der Waals surface area contributed by atoms with Crippen LogP contribution in [-0.4, -0.2) is 33.3 Å². The molecule has 4 nitrogen and oxygen atoms in total. The summed E-state index contributed by atoms with van der Waals surface area (Å²) in [6, 6.07) is 10.5. The quantitative estimate of drug-likeness (QED) is 0.868. The molecule has 1 aliphatic heterocycles. The number of hydrogen-bond acceptors (Lipinski definition) is 3. The third-order valence-corrected chi connectivity index (χ3v) is 5.03. The average molecular weight is 282 g/mol. The first-order valence-electron chi connectivity index (χ1n) is 6.91. The standard InChI is InChI=1S/C14H22N2O2S/c1-2-11-19(17,18)15-12-14-9-6-10-16(14)13-7-4-3-5-8-13/h3-5,7-8,14-15H,2,6,9-12H2,1H3/t14-/m1/s1. The summed E-state index contributed by atoms with van der Waals surface area (Å²) < 4.78 is 26.1. The lowest BCUT2D eigenvalue weighted by molar-refractivity contribution is 0.566. The Hall–Kier alpha value is -1.07. The summed E-state index contributed by atoms with van der Waals surface area (Å²) in [6.45, 7) is 3.40. The monoisotopic (exact) mass is 282 g/mol. The van der Waals surface area contributed by atoms with Gasteiger partial charge in [-0.05, 0) is 31.4 Å². The molecule has 0 radical (unpaired) electrons. The number of para-hydroxylation sites is 1. The van der Waals surface area contributed by atoms with Crippen molar-refractivity contribution in [2.24, 2.45) is 0 Å². The fourth-order valence-corrected chi connectivity index (χ4v) is 3.70. The Balaban J connectivity index is 1.97. The van der Waals surface area contributed by atoms with Crippen molar-refractivity contribution in [1.29, 1.82) is 0 Å². The summed E-state index contributed by atoms with van der Waals surface area (Å²) in [5.74, 6) is 0.213. The van der Waals surface area contributed by atoms with Gasteiger partial charge in [0.25, 0.3) is 0 Å². The zero-order chi connectivity index (χ0) is 13.7. The van der Waals surface area contributed by atoms with Gasteiger partial charge in [-0.15, -0.1) is 0 Å². The van der Waals surface area contributed by atoms with Crippen LogP contribution in [0, 0.1) is 0 Å². The minimum absolute atomic E-state index is 0.213. The van der Waals surface area contributed by atoms with Crippen molar-refractivity contribution in [3.8, 4) is 0 Å². The lowest BCUT2D eigenvalue weighted by Crippen LogP contribution is -2.40. The van der Waals surface area contributed by atoms with Crippen LogP contribution < -0.4 is 9.62 Å². The Morgan fingerprint density at radius 3 is 2.74 bits per heavy atom. The van der Waals surface area contributed by atoms with Crippen LogP contribution in [0.2, 0.25) is 0 Å². The largest absolute Gasteiger partial charge is 0.367 e. The number of anilines is 1. The Morgan fingerprint density at radius 2 is 2.05 bits per heavy atom. The maximum absolute atomic E-state index is 11.7. The minimum Gasteiger partial charge on any atom is -0.367 e. The molecular formula is C14H22N2O2S. The third kappa shape index (κ3) is 3.94. The minimum atomic E-state index is -3.10. The highest BCUT2D eigenvalue weighted by molar-refractivity contribution is 7.89. The Bertz CT molecular complexity index is 487. The highest BCUT2D eigenvalue weighted by Gasteiger charge is 2.25. The Labute approximate surface area is 115 Å². The van der Waals surface area contributed by atoms with E-state index < -0.39 is 10.0 Å². The molecule has 1 aromatic rings. The van der Waals surface area contributed by atoms with Gasteiger partial charge < -0.3 is 4.90 Å². The molecule has 2 rings (SSSR count). The first-order valence-corrected chi connectivity index (χ1v) is 8.56. The molecule has 1 fully saturated rings. The Morgan fingerprint density at radius 1 is 1.32 bits per heavy atom. The van der Waals surface area contributed by atoms with Crippen molar-refractivity contribution in [3.63, 3.8) is 0 Å².